The molecule has 1 aromatic heterocycles. The first-order valence-electron chi connectivity index (χ1n) is 9.24. The molecule has 5 nitrogen and oxygen atoms in total. The van der Waals surface area contributed by atoms with Crippen LogP contribution in [0.1, 0.15) is 41.8 Å². The number of fused-ring (bicyclic) bond motifs is 2. The summed E-state index contributed by atoms with van der Waals surface area (Å²) >= 11 is 0. The minimum atomic E-state index is 0.0597. The summed E-state index contributed by atoms with van der Waals surface area (Å²) in [6, 6.07) is 8.11. The van der Waals surface area contributed by atoms with Crippen molar-refractivity contribution < 1.29 is 9.53 Å². The van der Waals surface area contributed by atoms with Crippen LogP contribution >= 0.6 is 0 Å². The molecule has 0 radical (unpaired) electrons. The van der Waals surface area contributed by atoms with Crippen LogP contribution in [0.3, 0.4) is 0 Å². The van der Waals surface area contributed by atoms with E-state index < -0.39 is 0 Å². The van der Waals surface area contributed by atoms with Crippen molar-refractivity contribution in [2.24, 2.45) is 0 Å². The van der Waals surface area contributed by atoms with Crippen molar-refractivity contribution in [1.82, 2.24) is 15.1 Å². The number of hydrogen-bond donors (Lipinski definition) is 1. The third-order valence-electron chi connectivity index (χ3n) is 5.33. The number of rotatable bonds is 5. The van der Waals surface area contributed by atoms with Gasteiger partial charge in [-0.05, 0) is 42.9 Å². The van der Waals surface area contributed by atoms with Gasteiger partial charge in [-0.2, -0.15) is 5.10 Å². The van der Waals surface area contributed by atoms with Gasteiger partial charge >= 0.3 is 0 Å². The van der Waals surface area contributed by atoms with E-state index in [1.165, 1.54) is 29.7 Å². The Hall–Kier alpha value is -2.30. The van der Waals surface area contributed by atoms with Crippen molar-refractivity contribution in [3.63, 3.8) is 0 Å². The highest BCUT2D eigenvalue weighted by molar-refractivity contribution is 5.76. The molecule has 0 unspecified atom stereocenters. The number of aromatic amines is 1. The Labute approximate surface area is 148 Å². The standard InChI is InChI=1S/C20H25N3O2/c1-23(13-15-12-14-6-2-5-9-19(14)25-15)20(24)11-10-18-16-7-3-4-8-17(16)21-22-18/h2,5-6,9,15H,3-4,7-8,10-13H2,1H3,(H,21,22)/t15-/m0/s1. The van der Waals surface area contributed by atoms with Gasteiger partial charge in [0.2, 0.25) is 5.91 Å². The van der Waals surface area contributed by atoms with E-state index >= 15 is 0 Å². The highest BCUT2D eigenvalue weighted by atomic mass is 16.5. The summed E-state index contributed by atoms with van der Waals surface area (Å²) in [4.78, 5) is 14.3. The van der Waals surface area contributed by atoms with Crippen LogP contribution < -0.4 is 4.74 Å². The average Bonchev–Trinajstić information content (AvgIpc) is 3.22. The zero-order valence-electron chi connectivity index (χ0n) is 14.8. The van der Waals surface area contributed by atoms with Gasteiger partial charge in [-0.25, -0.2) is 0 Å². The number of aryl methyl sites for hydroxylation is 2. The molecule has 1 aliphatic heterocycles. The normalized spacial score (nSPS) is 18.4. The van der Waals surface area contributed by atoms with Gasteiger partial charge in [0.1, 0.15) is 11.9 Å². The summed E-state index contributed by atoms with van der Waals surface area (Å²) in [5.74, 6) is 1.11. The van der Waals surface area contributed by atoms with E-state index in [9.17, 15) is 4.79 Å². The van der Waals surface area contributed by atoms with Crippen LogP contribution in [0.25, 0.3) is 0 Å². The van der Waals surface area contributed by atoms with Crippen molar-refractivity contribution in [3.8, 4) is 5.75 Å². The Morgan fingerprint density at radius 3 is 3.04 bits per heavy atom. The Kier molecular flexibility index (Phi) is 4.47. The van der Waals surface area contributed by atoms with Crippen LogP contribution in [0.5, 0.6) is 5.75 Å². The number of benzene rings is 1. The molecule has 0 fully saturated rings. The molecule has 2 aromatic rings. The lowest BCUT2D eigenvalue weighted by Crippen LogP contribution is -2.36. The van der Waals surface area contributed by atoms with Gasteiger partial charge in [-0.3, -0.25) is 9.89 Å². The number of hydrogen-bond acceptors (Lipinski definition) is 3. The molecule has 1 N–H and O–H groups in total. The Balaban J connectivity index is 1.29. The third-order valence-corrected chi connectivity index (χ3v) is 5.33. The minimum Gasteiger partial charge on any atom is -0.488 e. The molecular weight excluding hydrogens is 314 g/mol. The number of likely N-dealkylation sites (N-methyl/N-ethyl adjacent to an activating group) is 1. The molecule has 0 spiro atoms. The van der Waals surface area contributed by atoms with Gasteiger partial charge in [0.25, 0.3) is 0 Å². The van der Waals surface area contributed by atoms with Crippen LogP contribution in [-0.2, 0) is 30.5 Å². The summed E-state index contributed by atoms with van der Waals surface area (Å²) in [5, 5.41) is 7.59. The van der Waals surface area contributed by atoms with Crippen LogP contribution in [0.4, 0.5) is 0 Å². The van der Waals surface area contributed by atoms with E-state index in [2.05, 4.69) is 16.3 Å². The minimum absolute atomic E-state index is 0.0597. The molecule has 2 aliphatic rings. The Morgan fingerprint density at radius 1 is 1.32 bits per heavy atom. The Bertz CT molecular complexity index is 743. The van der Waals surface area contributed by atoms with Gasteiger partial charge < -0.3 is 9.64 Å². The predicted octanol–water partition coefficient (Wildman–Crippen LogP) is 2.68. The fraction of sp³-hybridized carbons (Fsp3) is 0.500. The van der Waals surface area contributed by atoms with Gasteiger partial charge in [0.05, 0.1) is 12.2 Å². The SMILES string of the molecule is CN(C[C@@H]1Cc2ccccc2O1)C(=O)CCc1n[nH]c2c1CCCC2. The first kappa shape index (κ1) is 16.2. The summed E-state index contributed by atoms with van der Waals surface area (Å²) in [5.41, 5.74) is 4.95. The Morgan fingerprint density at radius 2 is 2.16 bits per heavy atom. The van der Waals surface area contributed by atoms with E-state index in [4.69, 9.17) is 4.74 Å². The van der Waals surface area contributed by atoms with Gasteiger partial charge in [-0.1, -0.05) is 18.2 Å². The monoisotopic (exact) mass is 339 g/mol. The molecular formula is C20H25N3O2. The highest BCUT2D eigenvalue weighted by Gasteiger charge is 2.25. The van der Waals surface area contributed by atoms with Crippen LogP contribution in [-0.4, -0.2) is 40.7 Å². The average molecular weight is 339 g/mol. The van der Waals surface area contributed by atoms with E-state index in [-0.39, 0.29) is 12.0 Å². The van der Waals surface area contributed by atoms with Gasteiger partial charge in [0, 0.05) is 32.0 Å². The smallest absolute Gasteiger partial charge is 0.222 e. The number of H-pyrrole nitrogens is 1. The highest BCUT2D eigenvalue weighted by Crippen LogP contribution is 2.28. The lowest BCUT2D eigenvalue weighted by Gasteiger charge is -2.21. The molecule has 5 heteroatoms. The lowest BCUT2D eigenvalue weighted by molar-refractivity contribution is -0.130. The maximum Gasteiger partial charge on any atom is 0.222 e. The summed E-state index contributed by atoms with van der Waals surface area (Å²) in [6.07, 6.45) is 6.82. The first-order chi connectivity index (χ1) is 12.2. The van der Waals surface area contributed by atoms with Crippen molar-refractivity contribution >= 4 is 5.91 Å². The number of aromatic nitrogens is 2. The number of para-hydroxylation sites is 1. The molecule has 2 heterocycles. The number of carbonyl (C=O) groups is 1. The number of amides is 1. The van der Waals surface area contributed by atoms with Gasteiger partial charge in [0.15, 0.2) is 0 Å². The number of nitrogens with zero attached hydrogens (tertiary/aromatic N) is 2. The van der Waals surface area contributed by atoms with Crippen molar-refractivity contribution in [2.45, 2.75) is 51.0 Å². The van der Waals surface area contributed by atoms with Crippen LogP contribution in [0, 0.1) is 0 Å². The molecule has 1 aliphatic carbocycles. The molecule has 4 rings (SSSR count). The molecule has 0 saturated heterocycles. The largest absolute Gasteiger partial charge is 0.488 e. The van der Waals surface area contributed by atoms with Crippen molar-refractivity contribution in [1.29, 1.82) is 0 Å². The van der Waals surface area contributed by atoms with Crippen molar-refractivity contribution in [2.75, 3.05) is 13.6 Å². The number of nitrogens with one attached hydrogen (secondary N) is 1. The number of ether oxygens (including phenoxy) is 1. The van der Waals surface area contributed by atoms with Crippen LogP contribution in [0.2, 0.25) is 0 Å². The third kappa shape index (κ3) is 3.41. The second kappa shape index (κ2) is 6.90. The second-order valence-corrected chi connectivity index (χ2v) is 7.16. The lowest BCUT2D eigenvalue weighted by atomic mass is 9.94. The summed E-state index contributed by atoms with van der Waals surface area (Å²) < 4.78 is 5.94. The van der Waals surface area contributed by atoms with E-state index in [1.54, 1.807) is 4.90 Å². The summed E-state index contributed by atoms with van der Waals surface area (Å²) in [6.45, 7) is 0.631. The maximum absolute atomic E-state index is 12.5. The van der Waals surface area contributed by atoms with Crippen molar-refractivity contribution in [3.05, 3.63) is 46.8 Å². The zero-order valence-corrected chi connectivity index (χ0v) is 14.8. The zero-order chi connectivity index (χ0) is 17.2. The topological polar surface area (TPSA) is 58.2 Å². The quantitative estimate of drug-likeness (QED) is 0.911. The molecule has 0 saturated carbocycles. The van der Waals surface area contributed by atoms with Crippen LogP contribution in [0.15, 0.2) is 24.3 Å². The molecule has 25 heavy (non-hydrogen) atoms. The van der Waals surface area contributed by atoms with E-state index in [0.29, 0.717) is 13.0 Å². The number of carbonyl (C=O) groups excluding carboxylic acids is 1. The van der Waals surface area contributed by atoms with Gasteiger partial charge in [-0.15, -0.1) is 0 Å². The molecule has 0 bridgehead atoms. The molecule has 1 amide bonds. The second-order valence-electron chi connectivity index (χ2n) is 7.16. The summed E-state index contributed by atoms with van der Waals surface area (Å²) in [7, 11) is 1.87. The maximum atomic E-state index is 12.5. The van der Waals surface area contributed by atoms with E-state index in [0.717, 1.165) is 37.1 Å². The predicted molar refractivity (Wildman–Crippen MR) is 95.7 cm³/mol. The van der Waals surface area contributed by atoms with E-state index in [1.807, 2.05) is 25.2 Å². The molecule has 1 atom stereocenters. The first-order valence-corrected chi connectivity index (χ1v) is 9.24. The molecule has 132 valence electrons. The fourth-order valence-electron chi connectivity index (χ4n) is 3.94. The fourth-order valence-corrected chi connectivity index (χ4v) is 3.94. The molecule has 1 aromatic carbocycles.